The first-order valence-corrected chi connectivity index (χ1v) is 13.4. The van der Waals surface area contributed by atoms with E-state index in [2.05, 4.69) is 24.1 Å². The van der Waals surface area contributed by atoms with E-state index >= 15 is 8.78 Å². The second-order valence-corrected chi connectivity index (χ2v) is 10.2. The number of hydrogen-bond acceptors (Lipinski definition) is 9. The van der Waals surface area contributed by atoms with Crippen LogP contribution in [0.2, 0.25) is 0 Å². The Balaban J connectivity index is 2.30. The fourth-order valence-corrected chi connectivity index (χ4v) is 4.13. The van der Waals surface area contributed by atoms with Crippen molar-refractivity contribution in [3.05, 3.63) is 22.7 Å². The van der Waals surface area contributed by atoms with Crippen LogP contribution in [0.5, 0.6) is 0 Å². The number of hydrogen-bond donors (Lipinski definition) is 2. The van der Waals surface area contributed by atoms with Crippen LogP contribution in [-0.4, -0.2) is 52.4 Å². The van der Waals surface area contributed by atoms with Crippen molar-refractivity contribution in [1.82, 2.24) is 9.55 Å². The van der Waals surface area contributed by atoms with Crippen molar-refractivity contribution >= 4 is 17.8 Å². The molecule has 1 aliphatic heterocycles. The van der Waals surface area contributed by atoms with E-state index in [4.69, 9.17) is 19.9 Å². The summed E-state index contributed by atoms with van der Waals surface area (Å²) in [7, 11) is 0. The molecule has 1 aliphatic rings. The molecule has 1 aromatic rings. The van der Waals surface area contributed by atoms with Crippen LogP contribution in [0.25, 0.3) is 0 Å². The third-order valence-electron chi connectivity index (χ3n) is 6.74. The SMILES string of the molecule is CCCC(CCC)CNc1ccn([C@@H]2O[C@H](OC(=O)[C@@H](N)C(C)CC)[C@@H](OC(=O)C(C)C)C2(F)F)c(=O)n1. The van der Waals surface area contributed by atoms with Gasteiger partial charge in [-0.1, -0.05) is 60.8 Å². The van der Waals surface area contributed by atoms with Crippen molar-refractivity contribution in [3.8, 4) is 0 Å². The highest BCUT2D eigenvalue weighted by atomic mass is 19.3. The lowest BCUT2D eigenvalue weighted by atomic mass is 9.98. The van der Waals surface area contributed by atoms with E-state index in [0.717, 1.165) is 31.9 Å². The predicted molar refractivity (Wildman–Crippen MR) is 137 cm³/mol. The van der Waals surface area contributed by atoms with Crippen LogP contribution >= 0.6 is 0 Å². The predicted octanol–water partition coefficient (Wildman–Crippen LogP) is 3.85. The number of alkyl halides is 2. The van der Waals surface area contributed by atoms with Crippen LogP contribution in [0.15, 0.2) is 17.1 Å². The molecule has 2 heterocycles. The summed E-state index contributed by atoms with van der Waals surface area (Å²) in [6, 6.07) is 0.292. The van der Waals surface area contributed by atoms with Gasteiger partial charge in [-0.15, -0.1) is 0 Å². The Labute approximate surface area is 222 Å². The number of ether oxygens (including phenoxy) is 3. The highest BCUT2D eigenvalue weighted by Crippen LogP contribution is 2.44. The van der Waals surface area contributed by atoms with Gasteiger partial charge in [-0.05, 0) is 30.7 Å². The number of carbonyl (C=O) groups excluding carboxylic acids is 2. The van der Waals surface area contributed by atoms with E-state index < -0.39 is 54.1 Å². The Morgan fingerprint density at radius 2 is 1.79 bits per heavy atom. The fourth-order valence-electron chi connectivity index (χ4n) is 4.13. The lowest BCUT2D eigenvalue weighted by molar-refractivity contribution is -0.205. The third-order valence-corrected chi connectivity index (χ3v) is 6.74. The summed E-state index contributed by atoms with van der Waals surface area (Å²) in [5, 5.41) is 3.10. The molecule has 0 aromatic carbocycles. The number of nitrogens with one attached hydrogen (secondary N) is 1. The van der Waals surface area contributed by atoms with E-state index in [9.17, 15) is 14.4 Å². The molecule has 5 atom stereocenters. The van der Waals surface area contributed by atoms with Gasteiger partial charge in [-0.25, -0.2) is 4.79 Å². The van der Waals surface area contributed by atoms with E-state index in [1.807, 2.05) is 6.92 Å². The van der Waals surface area contributed by atoms with Crippen molar-refractivity contribution in [1.29, 1.82) is 0 Å². The molecule has 1 aromatic heterocycles. The summed E-state index contributed by atoms with van der Waals surface area (Å²) < 4.78 is 47.3. The van der Waals surface area contributed by atoms with Crippen LogP contribution in [0.3, 0.4) is 0 Å². The highest BCUT2D eigenvalue weighted by molar-refractivity contribution is 5.76. The summed E-state index contributed by atoms with van der Waals surface area (Å²) in [6.45, 7) is 11.3. The molecule has 0 radical (unpaired) electrons. The minimum atomic E-state index is -3.93. The minimum absolute atomic E-state index is 0.245. The third kappa shape index (κ3) is 7.72. The molecule has 0 spiro atoms. The smallest absolute Gasteiger partial charge is 0.351 e. The first kappa shape index (κ1) is 31.6. The number of nitrogens with two attached hydrogens (primary N) is 1. The molecule has 1 unspecified atom stereocenters. The molecule has 3 N–H and O–H groups in total. The Morgan fingerprint density at radius 1 is 1.16 bits per heavy atom. The van der Waals surface area contributed by atoms with Gasteiger partial charge in [0, 0.05) is 12.7 Å². The van der Waals surface area contributed by atoms with Crippen LogP contribution in [0, 0.1) is 17.8 Å². The van der Waals surface area contributed by atoms with Crippen LogP contribution < -0.4 is 16.7 Å². The van der Waals surface area contributed by atoms with E-state index in [1.54, 1.807) is 6.92 Å². The van der Waals surface area contributed by atoms with Crippen molar-refractivity contribution < 1.29 is 32.6 Å². The molecule has 2 rings (SSSR count). The lowest BCUT2D eigenvalue weighted by Gasteiger charge is -2.25. The van der Waals surface area contributed by atoms with E-state index in [0.29, 0.717) is 23.5 Å². The van der Waals surface area contributed by atoms with Crippen molar-refractivity contribution in [2.75, 3.05) is 11.9 Å². The Morgan fingerprint density at radius 3 is 2.32 bits per heavy atom. The number of rotatable bonds is 14. The molecule has 0 saturated carbocycles. The summed E-state index contributed by atoms with van der Waals surface area (Å²) in [6.07, 6.45) is -0.760. The zero-order valence-corrected chi connectivity index (χ0v) is 23.1. The quantitative estimate of drug-likeness (QED) is 0.335. The molecule has 12 heteroatoms. The first-order valence-electron chi connectivity index (χ1n) is 13.4. The number of aromatic nitrogens is 2. The van der Waals surface area contributed by atoms with Crippen LogP contribution in [-0.2, 0) is 23.8 Å². The molecule has 10 nitrogen and oxygen atoms in total. The molecule has 0 bridgehead atoms. The van der Waals surface area contributed by atoms with Gasteiger partial charge in [-0.2, -0.15) is 13.8 Å². The topological polar surface area (TPSA) is 135 Å². The Bertz CT molecular complexity index is 983. The van der Waals surface area contributed by atoms with Gasteiger partial charge in [0.05, 0.1) is 5.92 Å². The maximum absolute atomic E-state index is 15.6. The zero-order chi connectivity index (χ0) is 28.6. The monoisotopic (exact) mass is 544 g/mol. The van der Waals surface area contributed by atoms with Crippen LogP contribution in [0.1, 0.15) is 79.9 Å². The summed E-state index contributed by atoms with van der Waals surface area (Å²) in [5.41, 5.74) is 4.89. The molecule has 1 fully saturated rings. The van der Waals surface area contributed by atoms with Gasteiger partial charge in [0.2, 0.25) is 18.6 Å². The molecular formula is C26H42F2N4O6. The van der Waals surface area contributed by atoms with E-state index in [-0.39, 0.29) is 11.7 Å². The average molecular weight is 545 g/mol. The summed E-state index contributed by atoms with van der Waals surface area (Å²) >= 11 is 0. The van der Waals surface area contributed by atoms with E-state index in [1.165, 1.54) is 19.9 Å². The number of halogens is 2. The van der Waals surface area contributed by atoms with Gasteiger partial charge in [0.15, 0.2) is 0 Å². The minimum Gasteiger partial charge on any atom is -0.449 e. The number of anilines is 1. The normalized spacial score (nSPS) is 22.3. The molecule has 0 aliphatic carbocycles. The molecular weight excluding hydrogens is 502 g/mol. The average Bonchev–Trinajstić information content (AvgIpc) is 3.10. The van der Waals surface area contributed by atoms with Gasteiger partial charge < -0.3 is 25.3 Å². The Kier molecular flexibility index (Phi) is 11.6. The fraction of sp³-hybridized carbons (Fsp3) is 0.769. The van der Waals surface area contributed by atoms with Crippen molar-refractivity contribution in [3.63, 3.8) is 0 Å². The molecule has 216 valence electrons. The number of carbonyl (C=O) groups is 2. The maximum atomic E-state index is 15.6. The van der Waals surface area contributed by atoms with Gasteiger partial charge in [0.25, 0.3) is 0 Å². The first-order chi connectivity index (χ1) is 17.9. The van der Waals surface area contributed by atoms with Gasteiger partial charge >= 0.3 is 23.6 Å². The van der Waals surface area contributed by atoms with Gasteiger partial charge in [-0.3, -0.25) is 14.2 Å². The Hall–Kier alpha value is -2.60. The second-order valence-electron chi connectivity index (χ2n) is 10.2. The molecule has 0 amide bonds. The second kappa shape index (κ2) is 14.0. The maximum Gasteiger partial charge on any atom is 0.351 e. The number of nitrogens with zero attached hydrogens (tertiary/aromatic N) is 2. The summed E-state index contributed by atoms with van der Waals surface area (Å²) in [4.78, 5) is 41.4. The number of esters is 2. The zero-order valence-electron chi connectivity index (χ0n) is 23.1. The van der Waals surface area contributed by atoms with Gasteiger partial charge in [0.1, 0.15) is 11.9 Å². The standard InChI is InChI=1S/C26H42F2N4O6/c1-7-10-17(11-8-2)14-30-18-12-13-32(25(35)31-18)24-26(27,28)20(36-21(33)15(4)5)23(38-24)37-22(34)19(29)16(6)9-3/h12-13,15-17,19-20,23-24H,7-11,14,29H2,1-6H3,(H,30,31,35)/t16?,19-,20+,23-,24+/m0/s1. The summed E-state index contributed by atoms with van der Waals surface area (Å²) in [5.74, 6) is -6.24. The highest BCUT2D eigenvalue weighted by Gasteiger charge is 2.64. The van der Waals surface area contributed by atoms with Crippen molar-refractivity contribution in [2.45, 2.75) is 104 Å². The largest absolute Gasteiger partial charge is 0.449 e. The lowest BCUT2D eigenvalue weighted by Crippen LogP contribution is -2.47. The molecule has 1 saturated heterocycles. The van der Waals surface area contributed by atoms with Crippen LogP contribution in [0.4, 0.5) is 14.6 Å². The van der Waals surface area contributed by atoms with Crippen molar-refractivity contribution in [2.24, 2.45) is 23.5 Å². The molecule has 38 heavy (non-hydrogen) atoms.